The molecule has 3 rings (SSSR count). The van der Waals surface area contributed by atoms with Crippen molar-refractivity contribution in [2.24, 2.45) is 0 Å². The number of carbonyl (C=O) groups is 1. The molecule has 118 valence electrons. The summed E-state index contributed by atoms with van der Waals surface area (Å²) in [6.07, 6.45) is 2.72. The number of anilines is 1. The van der Waals surface area contributed by atoms with E-state index in [-0.39, 0.29) is 5.91 Å². The Bertz CT molecular complexity index is 789. The largest absolute Gasteiger partial charge is 0.463 e. The zero-order valence-corrected chi connectivity index (χ0v) is 14.5. The zero-order chi connectivity index (χ0) is 16.2. The number of rotatable bonds is 5. The summed E-state index contributed by atoms with van der Waals surface area (Å²) in [6, 6.07) is 9.65. The lowest BCUT2D eigenvalue weighted by atomic mass is 10.3. The van der Waals surface area contributed by atoms with Gasteiger partial charge in [0.1, 0.15) is 0 Å². The number of ether oxygens (including phenoxy) is 1. The van der Waals surface area contributed by atoms with Crippen molar-refractivity contribution >= 4 is 38.3 Å². The third kappa shape index (κ3) is 3.77. The lowest BCUT2D eigenvalue weighted by molar-refractivity contribution is -0.122. The van der Waals surface area contributed by atoms with Crippen LogP contribution in [-0.2, 0) is 4.79 Å². The second-order valence-corrected chi connectivity index (χ2v) is 6.40. The molecule has 0 aliphatic heterocycles. The van der Waals surface area contributed by atoms with E-state index in [0.717, 1.165) is 5.69 Å². The highest BCUT2D eigenvalue weighted by Crippen LogP contribution is 2.25. The maximum absolute atomic E-state index is 12.1. The Morgan fingerprint density at radius 3 is 2.87 bits per heavy atom. The SMILES string of the molecule is CC(Oc1nn(-c2ccccc2)cc1Br)C(=O)Nc1nccs1. The molecule has 1 atom stereocenters. The van der Waals surface area contributed by atoms with Gasteiger partial charge in [0.05, 0.1) is 10.2 Å². The van der Waals surface area contributed by atoms with Crippen LogP contribution >= 0.6 is 27.3 Å². The van der Waals surface area contributed by atoms with Crippen molar-refractivity contribution in [2.75, 3.05) is 5.32 Å². The lowest BCUT2D eigenvalue weighted by Gasteiger charge is -2.11. The minimum atomic E-state index is -0.700. The Morgan fingerprint density at radius 2 is 2.17 bits per heavy atom. The van der Waals surface area contributed by atoms with Crippen LogP contribution in [0, 0.1) is 0 Å². The summed E-state index contributed by atoms with van der Waals surface area (Å²) < 4.78 is 8.01. The van der Waals surface area contributed by atoms with Crippen LogP contribution in [0.15, 0.2) is 52.6 Å². The normalized spacial score (nSPS) is 11.9. The van der Waals surface area contributed by atoms with Crippen molar-refractivity contribution in [3.63, 3.8) is 0 Å². The predicted molar refractivity (Wildman–Crippen MR) is 92.1 cm³/mol. The summed E-state index contributed by atoms with van der Waals surface area (Å²) in [7, 11) is 0. The van der Waals surface area contributed by atoms with Gasteiger partial charge in [-0.05, 0) is 35.0 Å². The first-order chi connectivity index (χ1) is 11.1. The van der Waals surface area contributed by atoms with E-state index in [1.54, 1.807) is 29.4 Å². The maximum atomic E-state index is 12.1. The molecule has 1 amide bonds. The molecule has 23 heavy (non-hydrogen) atoms. The van der Waals surface area contributed by atoms with Gasteiger partial charge in [0.2, 0.25) is 5.88 Å². The molecule has 1 aromatic carbocycles. The van der Waals surface area contributed by atoms with Crippen molar-refractivity contribution in [3.8, 4) is 11.6 Å². The Hall–Kier alpha value is -2.19. The van der Waals surface area contributed by atoms with E-state index in [1.165, 1.54) is 11.3 Å². The summed E-state index contributed by atoms with van der Waals surface area (Å²) >= 11 is 4.75. The van der Waals surface area contributed by atoms with Crippen molar-refractivity contribution < 1.29 is 9.53 Å². The molecular weight excluding hydrogens is 380 g/mol. The monoisotopic (exact) mass is 392 g/mol. The molecule has 0 fully saturated rings. The Kier molecular flexibility index (Phi) is 4.73. The second kappa shape index (κ2) is 6.93. The fraction of sp³-hybridized carbons (Fsp3) is 0.133. The molecule has 3 aromatic rings. The van der Waals surface area contributed by atoms with Gasteiger partial charge >= 0.3 is 0 Å². The number of para-hydroxylation sites is 1. The van der Waals surface area contributed by atoms with Crippen molar-refractivity contribution in [2.45, 2.75) is 13.0 Å². The van der Waals surface area contributed by atoms with Gasteiger partial charge in [-0.3, -0.25) is 10.1 Å². The first kappa shape index (κ1) is 15.7. The van der Waals surface area contributed by atoms with E-state index in [4.69, 9.17) is 4.74 Å². The summed E-state index contributed by atoms with van der Waals surface area (Å²) in [4.78, 5) is 16.1. The average molecular weight is 393 g/mol. The maximum Gasteiger partial charge on any atom is 0.266 e. The number of thiazole rings is 1. The van der Waals surface area contributed by atoms with E-state index in [1.807, 2.05) is 30.3 Å². The van der Waals surface area contributed by atoms with Gasteiger partial charge < -0.3 is 4.74 Å². The van der Waals surface area contributed by atoms with Crippen LogP contribution in [0.5, 0.6) is 5.88 Å². The summed E-state index contributed by atoms with van der Waals surface area (Å²) in [6.45, 7) is 1.66. The molecule has 0 aliphatic carbocycles. The molecule has 2 heterocycles. The minimum absolute atomic E-state index is 0.277. The van der Waals surface area contributed by atoms with Crippen LogP contribution in [0.4, 0.5) is 5.13 Å². The highest BCUT2D eigenvalue weighted by Gasteiger charge is 2.19. The summed E-state index contributed by atoms with van der Waals surface area (Å²) in [5, 5.41) is 9.38. The standard InChI is InChI=1S/C15H13BrN4O2S/c1-10(13(21)18-15-17-7-8-23-15)22-14-12(16)9-20(19-14)11-5-3-2-4-6-11/h2-10H,1H3,(H,17,18,21). The average Bonchev–Trinajstić information content (AvgIpc) is 3.18. The van der Waals surface area contributed by atoms with Crippen LogP contribution in [0.3, 0.4) is 0 Å². The van der Waals surface area contributed by atoms with E-state index < -0.39 is 6.10 Å². The van der Waals surface area contributed by atoms with Crippen LogP contribution in [0.1, 0.15) is 6.92 Å². The second-order valence-electron chi connectivity index (χ2n) is 4.65. The number of nitrogens with zero attached hydrogens (tertiary/aromatic N) is 3. The molecule has 0 radical (unpaired) electrons. The predicted octanol–water partition coefficient (Wildman–Crippen LogP) is 3.50. The van der Waals surface area contributed by atoms with Gasteiger partial charge in [-0.25, -0.2) is 9.67 Å². The Morgan fingerprint density at radius 1 is 1.39 bits per heavy atom. The molecule has 0 spiro atoms. The van der Waals surface area contributed by atoms with E-state index in [9.17, 15) is 4.79 Å². The molecule has 0 saturated carbocycles. The summed E-state index contributed by atoms with van der Waals surface area (Å²) in [5.74, 6) is 0.0803. The molecular formula is C15H13BrN4O2S. The molecule has 2 aromatic heterocycles. The number of benzene rings is 1. The van der Waals surface area contributed by atoms with Crippen LogP contribution in [0.25, 0.3) is 5.69 Å². The van der Waals surface area contributed by atoms with Gasteiger partial charge in [-0.2, -0.15) is 0 Å². The number of hydrogen-bond acceptors (Lipinski definition) is 5. The molecule has 0 bridgehead atoms. The Labute approximate surface area is 145 Å². The molecule has 1 N–H and O–H groups in total. The minimum Gasteiger partial charge on any atom is -0.463 e. The number of nitrogens with one attached hydrogen (secondary N) is 1. The molecule has 0 saturated heterocycles. The number of carbonyl (C=O) groups excluding carboxylic acids is 1. The van der Waals surface area contributed by atoms with Gasteiger partial charge in [-0.15, -0.1) is 16.4 Å². The van der Waals surface area contributed by atoms with E-state index in [2.05, 4.69) is 31.3 Å². The van der Waals surface area contributed by atoms with Gasteiger partial charge in [0.25, 0.3) is 5.91 Å². The molecule has 0 aliphatic rings. The van der Waals surface area contributed by atoms with Gasteiger partial charge in [0.15, 0.2) is 11.2 Å². The number of amides is 1. The fourth-order valence-electron chi connectivity index (χ4n) is 1.84. The third-order valence-corrected chi connectivity index (χ3v) is 4.21. The first-order valence-electron chi connectivity index (χ1n) is 6.81. The summed E-state index contributed by atoms with van der Waals surface area (Å²) in [5.41, 5.74) is 0.906. The van der Waals surface area contributed by atoms with Gasteiger partial charge in [0, 0.05) is 17.8 Å². The van der Waals surface area contributed by atoms with Crippen LogP contribution < -0.4 is 10.1 Å². The third-order valence-electron chi connectivity index (χ3n) is 2.98. The zero-order valence-electron chi connectivity index (χ0n) is 12.1. The van der Waals surface area contributed by atoms with Crippen LogP contribution in [0.2, 0.25) is 0 Å². The number of halogens is 1. The highest BCUT2D eigenvalue weighted by molar-refractivity contribution is 9.10. The molecule has 6 nitrogen and oxygen atoms in total. The van der Waals surface area contributed by atoms with E-state index >= 15 is 0 Å². The number of aromatic nitrogens is 3. The molecule has 1 unspecified atom stereocenters. The van der Waals surface area contributed by atoms with Crippen LogP contribution in [-0.4, -0.2) is 26.8 Å². The Balaban J connectivity index is 1.70. The lowest BCUT2D eigenvalue weighted by Crippen LogP contribution is -2.30. The number of hydrogen-bond donors (Lipinski definition) is 1. The van der Waals surface area contributed by atoms with Crippen molar-refractivity contribution in [3.05, 3.63) is 52.6 Å². The quantitative estimate of drug-likeness (QED) is 0.721. The fourth-order valence-corrected chi connectivity index (χ4v) is 2.74. The topological polar surface area (TPSA) is 69.0 Å². The first-order valence-corrected chi connectivity index (χ1v) is 8.48. The van der Waals surface area contributed by atoms with Crippen molar-refractivity contribution in [1.82, 2.24) is 14.8 Å². The highest BCUT2D eigenvalue weighted by atomic mass is 79.9. The van der Waals surface area contributed by atoms with Crippen molar-refractivity contribution in [1.29, 1.82) is 0 Å². The molecule has 8 heteroatoms. The van der Waals surface area contributed by atoms with E-state index in [0.29, 0.717) is 15.5 Å². The smallest absolute Gasteiger partial charge is 0.266 e. The van der Waals surface area contributed by atoms with Gasteiger partial charge in [-0.1, -0.05) is 18.2 Å².